The molecule has 1 amide bonds. The lowest BCUT2D eigenvalue weighted by atomic mass is 10.2. The monoisotopic (exact) mass is 319 g/mol. The van der Waals surface area contributed by atoms with Gasteiger partial charge < -0.3 is 14.8 Å². The molecule has 0 saturated heterocycles. The highest BCUT2D eigenvalue weighted by atomic mass is 32.2. The first-order valence-electron chi connectivity index (χ1n) is 6.60. The SMILES string of the molecule is COc1ccc(NC(=O)[C@@H](C)Sc2ncccn2)cc1OC. The van der Waals surface area contributed by atoms with Crippen molar-refractivity contribution in [3.05, 3.63) is 36.7 Å². The molecular formula is C15H17N3O3S. The topological polar surface area (TPSA) is 73.3 Å². The van der Waals surface area contributed by atoms with Gasteiger partial charge in [-0.25, -0.2) is 9.97 Å². The number of nitrogens with one attached hydrogen (secondary N) is 1. The van der Waals surface area contributed by atoms with Crippen LogP contribution in [0, 0.1) is 0 Å². The molecule has 0 aliphatic rings. The lowest BCUT2D eigenvalue weighted by Gasteiger charge is -2.13. The summed E-state index contributed by atoms with van der Waals surface area (Å²) in [5.74, 6) is 1.04. The van der Waals surface area contributed by atoms with E-state index in [2.05, 4.69) is 15.3 Å². The zero-order valence-corrected chi connectivity index (χ0v) is 13.4. The van der Waals surface area contributed by atoms with E-state index >= 15 is 0 Å². The summed E-state index contributed by atoms with van der Waals surface area (Å²) < 4.78 is 10.4. The highest BCUT2D eigenvalue weighted by Crippen LogP contribution is 2.30. The lowest BCUT2D eigenvalue weighted by Crippen LogP contribution is -2.22. The average molecular weight is 319 g/mol. The van der Waals surface area contributed by atoms with Crippen LogP contribution in [0.1, 0.15) is 6.92 Å². The van der Waals surface area contributed by atoms with Gasteiger partial charge in [0, 0.05) is 24.1 Å². The Bertz CT molecular complexity index is 637. The predicted octanol–water partition coefficient (Wildman–Crippen LogP) is 2.61. The van der Waals surface area contributed by atoms with Gasteiger partial charge >= 0.3 is 0 Å². The van der Waals surface area contributed by atoms with Crippen molar-refractivity contribution in [2.75, 3.05) is 19.5 Å². The van der Waals surface area contributed by atoms with E-state index in [0.717, 1.165) is 0 Å². The van der Waals surface area contributed by atoms with E-state index in [-0.39, 0.29) is 11.2 Å². The standard InChI is InChI=1S/C15H17N3O3S/c1-10(22-15-16-7-4-8-17-15)14(19)18-11-5-6-12(20-2)13(9-11)21-3/h4-10H,1-3H3,(H,18,19)/t10-/m1/s1. The molecule has 1 atom stereocenters. The number of thioether (sulfide) groups is 1. The van der Waals surface area contributed by atoms with Gasteiger partial charge in [0.2, 0.25) is 5.91 Å². The third-order valence-corrected chi connectivity index (χ3v) is 3.83. The Balaban J connectivity index is 2.02. The quantitative estimate of drug-likeness (QED) is 0.652. The summed E-state index contributed by atoms with van der Waals surface area (Å²) in [5, 5.41) is 3.08. The molecule has 1 heterocycles. The van der Waals surface area contributed by atoms with Crippen molar-refractivity contribution in [3.63, 3.8) is 0 Å². The molecule has 0 fully saturated rings. The van der Waals surface area contributed by atoms with Crippen molar-refractivity contribution in [3.8, 4) is 11.5 Å². The van der Waals surface area contributed by atoms with E-state index in [0.29, 0.717) is 22.3 Å². The number of hydrogen-bond acceptors (Lipinski definition) is 6. The number of carbonyl (C=O) groups excluding carboxylic acids is 1. The number of rotatable bonds is 6. The summed E-state index contributed by atoms with van der Waals surface area (Å²) in [7, 11) is 3.11. The van der Waals surface area contributed by atoms with Crippen LogP contribution < -0.4 is 14.8 Å². The third-order valence-electron chi connectivity index (χ3n) is 2.84. The molecule has 116 valence electrons. The zero-order chi connectivity index (χ0) is 15.9. The number of hydrogen-bond donors (Lipinski definition) is 1. The summed E-state index contributed by atoms with van der Waals surface area (Å²) in [4.78, 5) is 20.4. The van der Waals surface area contributed by atoms with Crippen molar-refractivity contribution in [2.45, 2.75) is 17.3 Å². The van der Waals surface area contributed by atoms with Crippen LogP contribution in [0.5, 0.6) is 11.5 Å². The summed E-state index contributed by atoms with van der Waals surface area (Å²) in [6.45, 7) is 1.80. The first kappa shape index (κ1) is 16.1. The average Bonchev–Trinajstić information content (AvgIpc) is 2.55. The smallest absolute Gasteiger partial charge is 0.237 e. The Kier molecular flexibility index (Phi) is 5.60. The van der Waals surface area contributed by atoms with E-state index in [1.807, 2.05) is 0 Å². The summed E-state index contributed by atoms with van der Waals surface area (Å²) >= 11 is 1.30. The Hall–Kier alpha value is -2.28. The lowest BCUT2D eigenvalue weighted by molar-refractivity contribution is -0.115. The van der Waals surface area contributed by atoms with E-state index in [4.69, 9.17) is 9.47 Å². The number of anilines is 1. The minimum absolute atomic E-state index is 0.135. The Labute approximate surface area is 133 Å². The van der Waals surface area contributed by atoms with Crippen molar-refractivity contribution in [2.24, 2.45) is 0 Å². The van der Waals surface area contributed by atoms with Crippen molar-refractivity contribution in [1.82, 2.24) is 9.97 Å². The fraction of sp³-hybridized carbons (Fsp3) is 0.267. The van der Waals surface area contributed by atoms with Crippen LogP contribution in [-0.2, 0) is 4.79 Å². The fourth-order valence-corrected chi connectivity index (χ4v) is 2.44. The molecule has 6 nitrogen and oxygen atoms in total. The molecule has 0 aliphatic carbocycles. The molecule has 0 spiro atoms. The largest absolute Gasteiger partial charge is 0.493 e. The van der Waals surface area contributed by atoms with Gasteiger partial charge in [0.15, 0.2) is 16.7 Å². The van der Waals surface area contributed by atoms with Gasteiger partial charge in [-0.2, -0.15) is 0 Å². The molecule has 1 aromatic heterocycles. The van der Waals surface area contributed by atoms with E-state index in [1.54, 1.807) is 57.8 Å². The van der Waals surface area contributed by atoms with Gasteiger partial charge in [-0.05, 0) is 25.1 Å². The molecule has 2 aromatic rings. The van der Waals surface area contributed by atoms with Crippen molar-refractivity contribution >= 4 is 23.4 Å². The second-order valence-electron chi connectivity index (χ2n) is 4.35. The van der Waals surface area contributed by atoms with Crippen LogP contribution in [0.25, 0.3) is 0 Å². The number of methoxy groups -OCH3 is 2. The first-order chi connectivity index (χ1) is 10.6. The molecule has 0 unspecified atom stereocenters. The summed E-state index contributed by atoms with van der Waals surface area (Å²) in [5.41, 5.74) is 0.643. The molecule has 0 radical (unpaired) electrons. The predicted molar refractivity (Wildman–Crippen MR) is 85.5 cm³/mol. The van der Waals surface area contributed by atoms with Crippen LogP contribution >= 0.6 is 11.8 Å². The molecule has 1 N–H and O–H groups in total. The van der Waals surface area contributed by atoms with Gasteiger partial charge in [0.25, 0.3) is 0 Å². The van der Waals surface area contributed by atoms with Crippen LogP contribution in [0.2, 0.25) is 0 Å². The number of nitrogens with zero attached hydrogens (tertiary/aromatic N) is 2. The number of amides is 1. The van der Waals surface area contributed by atoms with Gasteiger partial charge in [0.1, 0.15) is 0 Å². The van der Waals surface area contributed by atoms with Crippen LogP contribution in [0.4, 0.5) is 5.69 Å². The van der Waals surface area contributed by atoms with Crippen molar-refractivity contribution in [1.29, 1.82) is 0 Å². The van der Waals surface area contributed by atoms with Gasteiger partial charge in [-0.1, -0.05) is 11.8 Å². The molecule has 0 bridgehead atoms. The zero-order valence-electron chi connectivity index (χ0n) is 12.6. The molecule has 0 saturated carbocycles. The molecule has 7 heteroatoms. The highest BCUT2D eigenvalue weighted by molar-refractivity contribution is 8.00. The Morgan fingerprint density at radius 3 is 2.50 bits per heavy atom. The van der Waals surface area contributed by atoms with Gasteiger partial charge in [0.05, 0.1) is 19.5 Å². The number of carbonyl (C=O) groups is 1. The number of ether oxygens (including phenoxy) is 2. The fourth-order valence-electron chi connectivity index (χ4n) is 1.72. The number of aromatic nitrogens is 2. The summed E-state index contributed by atoms with van der Waals surface area (Å²) in [6.07, 6.45) is 3.29. The maximum atomic E-state index is 12.2. The maximum Gasteiger partial charge on any atom is 0.237 e. The minimum Gasteiger partial charge on any atom is -0.493 e. The maximum absolute atomic E-state index is 12.2. The van der Waals surface area contributed by atoms with E-state index in [1.165, 1.54) is 11.8 Å². The number of benzene rings is 1. The minimum atomic E-state index is -0.324. The molecule has 2 rings (SSSR count). The highest BCUT2D eigenvalue weighted by Gasteiger charge is 2.16. The second kappa shape index (κ2) is 7.65. The van der Waals surface area contributed by atoms with Crippen LogP contribution in [0.3, 0.4) is 0 Å². The Morgan fingerprint density at radius 2 is 1.86 bits per heavy atom. The summed E-state index contributed by atoms with van der Waals surface area (Å²) in [6, 6.07) is 6.95. The molecule has 0 aliphatic heterocycles. The van der Waals surface area contributed by atoms with Crippen LogP contribution in [0.15, 0.2) is 41.8 Å². The van der Waals surface area contributed by atoms with Crippen LogP contribution in [-0.4, -0.2) is 35.3 Å². The van der Waals surface area contributed by atoms with E-state index < -0.39 is 0 Å². The first-order valence-corrected chi connectivity index (χ1v) is 7.48. The van der Waals surface area contributed by atoms with Crippen molar-refractivity contribution < 1.29 is 14.3 Å². The molecular weight excluding hydrogens is 302 g/mol. The molecule has 22 heavy (non-hydrogen) atoms. The van der Waals surface area contributed by atoms with Gasteiger partial charge in [-0.3, -0.25) is 4.79 Å². The van der Waals surface area contributed by atoms with E-state index in [9.17, 15) is 4.79 Å². The molecule has 1 aromatic carbocycles. The third kappa shape index (κ3) is 4.11. The second-order valence-corrected chi connectivity index (χ2v) is 5.66. The van der Waals surface area contributed by atoms with Gasteiger partial charge in [-0.15, -0.1) is 0 Å². The normalized spacial score (nSPS) is 11.6. The Morgan fingerprint density at radius 1 is 1.18 bits per heavy atom.